The van der Waals surface area contributed by atoms with Gasteiger partial charge in [-0.25, -0.2) is 4.79 Å². The summed E-state index contributed by atoms with van der Waals surface area (Å²) in [6.45, 7) is 7.80. The smallest absolute Gasteiger partial charge is 0.330 e. The van der Waals surface area contributed by atoms with E-state index in [1.165, 1.54) is 31.2 Å². The molecule has 0 saturated heterocycles. The van der Waals surface area contributed by atoms with Gasteiger partial charge in [0, 0.05) is 24.1 Å². The summed E-state index contributed by atoms with van der Waals surface area (Å²) in [5.41, 5.74) is 0.803. The fourth-order valence-electron chi connectivity index (χ4n) is 3.68. The number of hydrogen-bond acceptors (Lipinski definition) is 8. The molecule has 0 aliphatic rings. The summed E-state index contributed by atoms with van der Waals surface area (Å²) in [5, 5.41) is 20.9. The van der Waals surface area contributed by atoms with Gasteiger partial charge in [-0.1, -0.05) is 50.8 Å². The Morgan fingerprint density at radius 3 is 2.10 bits per heavy atom. The molecule has 0 radical (unpaired) electrons. The van der Waals surface area contributed by atoms with Crippen molar-refractivity contribution in [2.45, 2.75) is 45.7 Å². The van der Waals surface area contributed by atoms with Crippen molar-refractivity contribution in [2.24, 2.45) is 5.92 Å². The average Bonchev–Trinajstić information content (AvgIpc) is 2.94. The molecule has 42 heavy (non-hydrogen) atoms. The zero-order valence-electron chi connectivity index (χ0n) is 23.7. The van der Waals surface area contributed by atoms with Crippen molar-refractivity contribution < 1.29 is 33.6 Å². The number of amides is 4. The van der Waals surface area contributed by atoms with Gasteiger partial charge in [-0.15, -0.1) is 0 Å². The van der Waals surface area contributed by atoms with Crippen LogP contribution in [0.5, 0.6) is 5.75 Å². The summed E-state index contributed by atoms with van der Waals surface area (Å²) in [6.07, 6.45) is 0.347. The lowest BCUT2D eigenvalue weighted by molar-refractivity contribution is -0.384. The van der Waals surface area contributed by atoms with E-state index in [0.717, 1.165) is 5.56 Å². The van der Waals surface area contributed by atoms with Gasteiger partial charge in [0.15, 0.2) is 0 Å². The molecule has 0 spiro atoms. The number of nitro groups is 1. The Labute approximate surface area is 243 Å². The molecule has 0 bridgehead atoms. The Morgan fingerprint density at radius 2 is 1.52 bits per heavy atom. The van der Waals surface area contributed by atoms with Crippen LogP contribution in [-0.2, 0) is 30.4 Å². The highest BCUT2D eigenvalue weighted by molar-refractivity contribution is 5.96. The monoisotopic (exact) mass is 581 g/mol. The number of nitrogens with one attached hydrogen (secondary N) is 4. The lowest BCUT2D eigenvalue weighted by Crippen LogP contribution is -2.56. The highest BCUT2D eigenvalue weighted by atomic mass is 16.6. The fraction of sp³-hybridized carbons (Fsp3) is 0.345. The van der Waals surface area contributed by atoms with E-state index in [0.29, 0.717) is 0 Å². The van der Waals surface area contributed by atoms with Gasteiger partial charge in [-0.2, -0.15) is 0 Å². The second kappa shape index (κ2) is 16.3. The van der Waals surface area contributed by atoms with E-state index in [-0.39, 0.29) is 42.3 Å². The van der Waals surface area contributed by atoms with E-state index >= 15 is 0 Å². The molecule has 2 aromatic rings. The molecule has 2 rings (SSSR count). The van der Waals surface area contributed by atoms with Crippen LogP contribution in [0.15, 0.2) is 66.7 Å². The van der Waals surface area contributed by atoms with Crippen molar-refractivity contribution in [1.82, 2.24) is 21.3 Å². The number of nitrogens with zero attached hydrogens (tertiary/aromatic N) is 1. The minimum absolute atomic E-state index is 0.0207. The highest BCUT2D eigenvalue weighted by Gasteiger charge is 2.28. The molecule has 0 fully saturated rings. The zero-order chi connectivity index (χ0) is 31.2. The van der Waals surface area contributed by atoms with E-state index in [1.54, 1.807) is 30.3 Å². The predicted octanol–water partition coefficient (Wildman–Crippen LogP) is 1.57. The maximum absolute atomic E-state index is 13.3. The van der Waals surface area contributed by atoms with Gasteiger partial charge in [0.25, 0.3) is 5.69 Å². The Bertz CT molecular complexity index is 1290. The number of benzene rings is 2. The quantitative estimate of drug-likeness (QED) is 0.0802. The van der Waals surface area contributed by atoms with Crippen molar-refractivity contribution >= 4 is 35.3 Å². The van der Waals surface area contributed by atoms with Crippen LogP contribution in [0.3, 0.4) is 0 Å². The molecule has 2 atom stereocenters. The van der Waals surface area contributed by atoms with Crippen molar-refractivity contribution in [3.63, 3.8) is 0 Å². The topological polar surface area (TPSA) is 186 Å². The molecule has 1 unspecified atom stereocenters. The van der Waals surface area contributed by atoms with E-state index in [2.05, 4.69) is 27.8 Å². The van der Waals surface area contributed by atoms with Gasteiger partial charge in [0.2, 0.25) is 23.6 Å². The number of rotatable bonds is 15. The normalized spacial score (nSPS) is 11.9. The first-order valence-electron chi connectivity index (χ1n) is 13.2. The molecule has 224 valence electrons. The minimum Gasteiger partial charge on any atom is -0.425 e. The second-order valence-corrected chi connectivity index (χ2v) is 9.91. The summed E-state index contributed by atoms with van der Waals surface area (Å²) >= 11 is 0. The fourth-order valence-corrected chi connectivity index (χ4v) is 3.68. The predicted molar refractivity (Wildman–Crippen MR) is 153 cm³/mol. The van der Waals surface area contributed by atoms with Gasteiger partial charge in [0.05, 0.1) is 11.5 Å². The summed E-state index contributed by atoms with van der Waals surface area (Å²) in [5.74, 6) is -3.17. The maximum atomic E-state index is 13.3. The van der Waals surface area contributed by atoms with Crippen LogP contribution in [-0.4, -0.2) is 59.7 Å². The Hall–Kier alpha value is -5.07. The Kier molecular flexibility index (Phi) is 12.8. The van der Waals surface area contributed by atoms with Crippen LogP contribution >= 0.6 is 0 Å². The molecule has 0 aliphatic carbocycles. The molecule has 0 saturated carbocycles. The first kappa shape index (κ1) is 33.1. The molecule has 4 N–H and O–H groups in total. The SMILES string of the molecule is C=C(C)C(=O)NCC(=O)N[C@@H](Cc1ccccc1)C(=O)NC(CC(C)C)C(=O)NCC(=O)Oc1ccc([N+](=O)[O-])cc1. The average molecular weight is 582 g/mol. The van der Waals surface area contributed by atoms with Crippen LogP contribution in [0, 0.1) is 16.0 Å². The highest BCUT2D eigenvalue weighted by Crippen LogP contribution is 2.17. The number of hydrogen-bond donors (Lipinski definition) is 4. The van der Waals surface area contributed by atoms with Gasteiger partial charge < -0.3 is 26.0 Å². The lowest BCUT2D eigenvalue weighted by Gasteiger charge is -2.24. The lowest BCUT2D eigenvalue weighted by atomic mass is 10.0. The largest absolute Gasteiger partial charge is 0.425 e. The molecule has 4 amide bonds. The number of carbonyl (C=O) groups excluding carboxylic acids is 5. The van der Waals surface area contributed by atoms with Crippen molar-refractivity contribution in [3.05, 3.63) is 82.4 Å². The molecule has 0 heterocycles. The van der Waals surface area contributed by atoms with Crippen LogP contribution in [0.25, 0.3) is 0 Å². The molecule has 0 aromatic heterocycles. The van der Waals surface area contributed by atoms with E-state index < -0.39 is 53.1 Å². The Morgan fingerprint density at radius 1 is 0.881 bits per heavy atom. The van der Waals surface area contributed by atoms with Crippen LogP contribution in [0.4, 0.5) is 5.69 Å². The third kappa shape index (κ3) is 11.6. The summed E-state index contributed by atoms with van der Waals surface area (Å²) in [7, 11) is 0. The molecule has 2 aromatic carbocycles. The standard InChI is InChI=1S/C29H35N5O8/c1-18(2)14-23(28(38)31-17-26(36)42-22-12-10-21(11-13-22)34(40)41)33-29(39)24(15-20-8-6-5-7-9-20)32-25(35)16-30-27(37)19(3)4/h5-13,18,23-24H,3,14-17H2,1-2,4H3,(H,30,37)(H,31,38)(H,32,35)(H,33,39)/t23?,24-/m0/s1. The van der Waals surface area contributed by atoms with Crippen LogP contribution in [0.2, 0.25) is 0 Å². The third-order valence-electron chi connectivity index (χ3n) is 5.76. The number of nitro benzene ring substituents is 1. The number of non-ortho nitro benzene ring substituents is 1. The number of ether oxygens (including phenoxy) is 1. The van der Waals surface area contributed by atoms with Crippen LogP contribution < -0.4 is 26.0 Å². The molecule has 0 aliphatic heterocycles. The van der Waals surface area contributed by atoms with Gasteiger partial charge in [-0.05, 0) is 37.0 Å². The number of carbonyl (C=O) groups is 5. The Balaban J connectivity index is 2.06. The van der Waals surface area contributed by atoms with Crippen molar-refractivity contribution in [3.8, 4) is 5.75 Å². The zero-order valence-corrected chi connectivity index (χ0v) is 23.7. The third-order valence-corrected chi connectivity index (χ3v) is 5.76. The van der Waals surface area contributed by atoms with Gasteiger partial charge in [-0.3, -0.25) is 29.3 Å². The van der Waals surface area contributed by atoms with Gasteiger partial charge >= 0.3 is 5.97 Å². The maximum Gasteiger partial charge on any atom is 0.330 e. The van der Waals surface area contributed by atoms with E-state index in [4.69, 9.17) is 4.74 Å². The molecular weight excluding hydrogens is 546 g/mol. The van der Waals surface area contributed by atoms with Gasteiger partial charge in [0.1, 0.15) is 24.4 Å². The minimum atomic E-state index is -1.07. The van der Waals surface area contributed by atoms with Crippen LogP contribution in [0.1, 0.15) is 32.8 Å². The van der Waals surface area contributed by atoms with Crippen molar-refractivity contribution in [1.29, 1.82) is 0 Å². The first-order valence-corrected chi connectivity index (χ1v) is 13.2. The van der Waals surface area contributed by atoms with E-state index in [1.807, 2.05) is 13.8 Å². The van der Waals surface area contributed by atoms with E-state index in [9.17, 15) is 34.1 Å². The number of esters is 1. The summed E-state index contributed by atoms with van der Waals surface area (Å²) < 4.78 is 5.10. The van der Waals surface area contributed by atoms with Crippen molar-refractivity contribution in [2.75, 3.05) is 13.1 Å². The molecule has 13 heteroatoms. The molecule has 13 nitrogen and oxygen atoms in total. The second-order valence-electron chi connectivity index (χ2n) is 9.91. The summed E-state index contributed by atoms with van der Waals surface area (Å²) in [6, 6.07) is 11.7. The first-order chi connectivity index (χ1) is 19.8. The summed E-state index contributed by atoms with van der Waals surface area (Å²) in [4.78, 5) is 73.1. The molecular formula is C29H35N5O8.